The zero-order valence-corrected chi connectivity index (χ0v) is 14.1. The molecule has 118 valence electrons. The van der Waals surface area contributed by atoms with Crippen LogP contribution in [0.15, 0.2) is 47.3 Å². The van der Waals surface area contributed by atoms with E-state index in [4.69, 9.17) is 0 Å². The summed E-state index contributed by atoms with van der Waals surface area (Å²) in [5, 5.41) is 3.30. The normalized spacial score (nSPS) is 11.0. The maximum absolute atomic E-state index is 12.8. The summed E-state index contributed by atoms with van der Waals surface area (Å²) in [6.45, 7) is 8.22. The number of rotatable bonds is 3. The first-order chi connectivity index (χ1) is 11.0. The fraction of sp³-hybridized carbons (Fsp3) is 0.250. The minimum Gasteiger partial charge on any atom is -0.290 e. The molecule has 0 atom stereocenters. The molecular formula is C20H22N2O. The third-order valence-electron chi connectivity index (χ3n) is 4.43. The molecule has 0 amide bonds. The molecule has 3 aromatic rings. The van der Waals surface area contributed by atoms with Crippen molar-refractivity contribution in [1.82, 2.24) is 9.78 Å². The van der Waals surface area contributed by atoms with Crippen LogP contribution in [0.2, 0.25) is 0 Å². The van der Waals surface area contributed by atoms with Crippen molar-refractivity contribution in [1.29, 1.82) is 0 Å². The first-order valence-corrected chi connectivity index (χ1v) is 8.00. The van der Waals surface area contributed by atoms with Crippen LogP contribution in [0.3, 0.4) is 0 Å². The average Bonchev–Trinajstić information content (AvgIpc) is 2.87. The van der Waals surface area contributed by atoms with Gasteiger partial charge in [-0.05, 0) is 56.0 Å². The van der Waals surface area contributed by atoms with Gasteiger partial charge in [0.1, 0.15) is 0 Å². The molecule has 0 saturated carbocycles. The molecule has 0 aliphatic heterocycles. The molecule has 3 heteroatoms. The maximum Gasteiger partial charge on any atom is 0.275 e. The lowest BCUT2D eigenvalue weighted by atomic mass is 10.1. The van der Waals surface area contributed by atoms with Crippen LogP contribution < -0.4 is 5.56 Å². The first-order valence-electron chi connectivity index (χ1n) is 8.00. The van der Waals surface area contributed by atoms with Gasteiger partial charge in [0.15, 0.2) is 0 Å². The maximum atomic E-state index is 12.8. The Morgan fingerprint density at radius 2 is 1.65 bits per heavy atom. The number of nitrogens with one attached hydrogen (secondary N) is 1. The zero-order chi connectivity index (χ0) is 16.6. The van der Waals surface area contributed by atoms with E-state index in [-0.39, 0.29) is 5.56 Å². The highest BCUT2D eigenvalue weighted by molar-refractivity contribution is 5.63. The number of aromatic nitrogens is 2. The van der Waals surface area contributed by atoms with Gasteiger partial charge >= 0.3 is 0 Å². The Hall–Kier alpha value is -2.55. The molecule has 0 bridgehead atoms. The summed E-state index contributed by atoms with van der Waals surface area (Å²) in [7, 11) is 0. The van der Waals surface area contributed by atoms with E-state index in [0.717, 1.165) is 22.5 Å². The third kappa shape index (κ3) is 2.74. The topological polar surface area (TPSA) is 37.8 Å². The number of hydrogen-bond acceptors (Lipinski definition) is 1. The standard InChI is InChI=1S/C20H22N2O/c1-5-18-19(16-9-6-13(2)7-10-16)21-22(20(18)23)17-11-8-14(3)15(4)12-17/h6-12,21H,5H2,1-4H3. The lowest BCUT2D eigenvalue weighted by molar-refractivity contribution is 0.847. The largest absolute Gasteiger partial charge is 0.290 e. The van der Waals surface area contributed by atoms with Crippen LogP contribution in [0.1, 0.15) is 29.2 Å². The fourth-order valence-electron chi connectivity index (χ4n) is 2.81. The van der Waals surface area contributed by atoms with E-state index in [2.05, 4.69) is 56.2 Å². The van der Waals surface area contributed by atoms with Gasteiger partial charge in [0.05, 0.1) is 11.4 Å². The Morgan fingerprint density at radius 3 is 2.26 bits per heavy atom. The van der Waals surface area contributed by atoms with Crippen molar-refractivity contribution in [3.05, 3.63) is 75.1 Å². The Kier molecular flexibility index (Phi) is 3.95. The van der Waals surface area contributed by atoms with Crippen LogP contribution in [0.5, 0.6) is 0 Å². The van der Waals surface area contributed by atoms with Crippen molar-refractivity contribution in [3.63, 3.8) is 0 Å². The van der Waals surface area contributed by atoms with Gasteiger partial charge in [0.2, 0.25) is 0 Å². The Bertz CT molecular complexity index is 898. The molecule has 1 aromatic heterocycles. The summed E-state index contributed by atoms with van der Waals surface area (Å²) in [6, 6.07) is 14.3. The predicted octanol–water partition coefficient (Wildman–Crippen LogP) is 4.32. The van der Waals surface area contributed by atoms with Gasteiger partial charge in [-0.3, -0.25) is 9.89 Å². The molecule has 0 radical (unpaired) electrons. The van der Waals surface area contributed by atoms with Crippen molar-refractivity contribution >= 4 is 0 Å². The molecule has 0 spiro atoms. The summed E-state index contributed by atoms with van der Waals surface area (Å²) >= 11 is 0. The Balaban J connectivity index is 2.18. The van der Waals surface area contributed by atoms with Crippen LogP contribution in [0.4, 0.5) is 0 Å². The summed E-state index contributed by atoms with van der Waals surface area (Å²) in [5.74, 6) is 0. The molecule has 0 fully saturated rings. The van der Waals surface area contributed by atoms with Crippen LogP contribution >= 0.6 is 0 Å². The first kappa shape index (κ1) is 15.3. The van der Waals surface area contributed by atoms with Crippen molar-refractivity contribution < 1.29 is 0 Å². The van der Waals surface area contributed by atoms with Gasteiger partial charge in [-0.1, -0.05) is 42.8 Å². The molecule has 2 aromatic carbocycles. The second kappa shape index (κ2) is 5.92. The summed E-state index contributed by atoms with van der Waals surface area (Å²) < 4.78 is 1.65. The summed E-state index contributed by atoms with van der Waals surface area (Å²) in [4.78, 5) is 12.8. The highest BCUT2D eigenvalue weighted by Crippen LogP contribution is 2.22. The third-order valence-corrected chi connectivity index (χ3v) is 4.43. The van der Waals surface area contributed by atoms with Gasteiger partial charge in [-0.25, -0.2) is 4.68 Å². The lowest BCUT2D eigenvalue weighted by Gasteiger charge is -2.06. The van der Waals surface area contributed by atoms with Gasteiger partial charge in [-0.2, -0.15) is 0 Å². The number of hydrogen-bond donors (Lipinski definition) is 1. The average molecular weight is 306 g/mol. The van der Waals surface area contributed by atoms with E-state index in [0.29, 0.717) is 6.42 Å². The van der Waals surface area contributed by atoms with E-state index < -0.39 is 0 Å². The highest BCUT2D eigenvalue weighted by atomic mass is 16.1. The van der Waals surface area contributed by atoms with Crippen molar-refractivity contribution in [2.75, 3.05) is 0 Å². The van der Waals surface area contributed by atoms with Crippen LogP contribution in [-0.2, 0) is 6.42 Å². The molecule has 0 unspecified atom stereocenters. The van der Waals surface area contributed by atoms with Gasteiger partial charge in [0.25, 0.3) is 5.56 Å². The minimum atomic E-state index is 0.0336. The van der Waals surface area contributed by atoms with Crippen molar-refractivity contribution in [2.45, 2.75) is 34.1 Å². The van der Waals surface area contributed by atoms with E-state index >= 15 is 0 Å². The van der Waals surface area contributed by atoms with E-state index in [1.54, 1.807) is 4.68 Å². The van der Waals surface area contributed by atoms with E-state index in [9.17, 15) is 4.79 Å². The Morgan fingerprint density at radius 1 is 0.957 bits per heavy atom. The molecule has 0 aliphatic rings. The monoisotopic (exact) mass is 306 g/mol. The summed E-state index contributed by atoms with van der Waals surface area (Å²) in [6.07, 6.45) is 0.705. The molecule has 1 N–H and O–H groups in total. The number of H-pyrrole nitrogens is 1. The second-order valence-electron chi connectivity index (χ2n) is 6.09. The summed E-state index contributed by atoms with van der Waals surface area (Å²) in [5.41, 5.74) is 7.32. The quantitative estimate of drug-likeness (QED) is 0.769. The lowest BCUT2D eigenvalue weighted by Crippen LogP contribution is -2.17. The van der Waals surface area contributed by atoms with Gasteiger partial charge in [-0.15, -0.1) is 0 Å². The minimum absolute atomic E-state index is 0.0336. The highest BCUT2D eigenvalue weighted by Gasteiger charge is 2.15. The smallest absolute Gasteiger partial charge is 0.275 e. The van der Waals surface area contributed by atoms with Crippen LogP contribution in [0, 0.1) is 20.8 Å². The number of aromatic amines is 1. The Labute approximate surface area is 136 Å². The fourth-order valence-corrected chi connectivity index (χ4v) is 2.81. The van der Waals surface area contributed by atoms with Crippen LogP contribution in [0.25, 0.3) is 16.9 Å². The number of aryl methyl sites for hydroxylation is 3. The molecule has 3 nitrogen and oxygen atoms in total. The zero-order valence-electron chi connectivity index (χ0n) is 14.1. The van der Waals surface area contributed by atoms with Gasteiger partial charge < -0.3 is 0 Å². The van der Waals surface area contributed by atoms with E-state index in [1.165, 1.54) is 16.7 Å². The predicted molar refractivity (Wildman–Crippen MR) is 95.4 cm³/mol. The molecule has 23 heavy (non-hydrogen) atoms. The molecule has 0 saturated heterocycles. The molecule has 1 heterocycles. The van der Waals surface area contributed by atoms with E-state index in [1.807, 2.05) is 19.1 Å². The van der Waals surface area contributed by atoms with Gasteiger partial charge in [0, 0.05) is 5.56 Å². The number of benzene rings is 2. The van der Waals surface area contributed by atoms with Crippen LogP contribution in [-0.4, -0.2) is 9.78 Å². The second-order valence-corrected chi connectivity index (χ2v) is 6.09. The SMILES string of the molecule is CCc1c(-c2ccc(C)cc2)[nH]n(-c2ccc(C)c(C)c2)c1=O. The molecule has 0 aliphatic carbocycles. The molecular weight excluding hydrogens is 284 g/mol. The van der Waals surface area contributed by atoms with Crippen molar-refractivity contribution in [3.8, 4) is 16.9 Å². The number of nitrogens with zero attached hydrogens (tertiary/aromatic N) is 1. The van der Waals surface area contributed by atoms with Crippen molar-refractivity contribution in [2.24, 2.45) is 0 Å². The molecule has 3 rings (SSSR count).